The van der Waals surface area contributed by atoms with Gasteiger partial charge in [-0.25, -0.2) is 13.1 Å². The Morgan fingerprint density at radius 3 is 2.57 bits per heavy atom. The zero-order valence-corrected chi connectivity index (χ0v) is 12.4. The normalized spacial score (nSPS) is 17.0. The summed E-state index contributed by atoms with van der Waals surface area (Å²) in [5, 5.41) is 10.8. The maximum absolute atomic E-state index is 12.3. The summed E-state index contributed by atoms with van der Waals surface area (Å²) in [6.45, 7) is 1.83. The number of anilines is 1. The molecule has 1 aromatic rings. The molecule has 116 valence electrons. The Balaban J connectivity index is 2.25. The van der Waals surface area contributed by atoms with Crippen LogP contribution in [0.25, 0.3) is 0 Å². The minimum Gasteiger partial charge on any atom is -0.318 e. The third-order valence-electron chi connectivity index (χ3n) is 3.83. The number of hydrazine groups is 1. The van der Waals surface area contributed by atoms with Gasteiger partial charge in [0.05, 0.1) is 9.82 Å². The van der Waals surface area contributed by atoms with Crippen molar-refractivity contribution in [2.45, 2.75) is 37.1 Å². The molecule has 2 rings (SSSR count). The third kappa shape index (κ3) is 3.31. The van der Waals surface area contributed by atoms with Crippen LogP contribution < -0.4 is 16.0 Å². The summed E-state index contributed by atoms with van der Waals surface area (Å²) in [5.41, 5.74) is 1.84. The molecular weight excluding hydrogens is 296 g/mol. The van der Waals surface area contributed by atoms with Crippen molar-refractivity contribution in [2.24, 2.45) is 11.8 Å². The molecule has 4 N–H and O–H groups in total. The second kappa shape index (κ2) is 5.96. The van der Waals surface area contributed by atoms with Gasteiger partial charge in [0.1, 0.15) is 5.69 Å². The number of nitrogens with two attached hydrogens (primary N) is 1. The molecule has 21 heavy (non-hydrogen) atoms. The van der Waals surface area contributed by atoms with Crippen molar-refractivity contribution in [3.8, 4) is 0 Å². The highest BCUT2D eigenvalue weighted by molar-refractivity contribution is 7.89. The summed E-state index contributed by atoms with van der Waals surface area (Å²) in [6.07, 6.45) is 3.15. The van der Waals surface area contributed by atoms with Crippen LogP contribution in [-0.2, 0) is 10.0 Å². The number of nitro groups is 1. The summed E-state index contributed by atoms with van der Waals surface area (Å²) in [6, 6.07) is 3.33. The lowest BCUT2D eigenvalue weighted by Gasteiger charge is -2.31. The number of nitrogens with zero attached hydrogens (tertiary/aromatic N) is 1. The van der Waals surface area contributed by atoms with Crippen molar-refractivity contribution in [2.75, 3.05) is 5.43 Å². The Bertz CT molecular complexity index is 643. The minimum atomic E-state index is -3.72. The van der Waals surface area contributed by atoms with Crippen LogP contribution in [0.5, 0.6) is 0 Å². The molecule has 9 heteroatoms. The number of nitrogens with one attached hydrogen (secondary N) is 2. The van der Waals surface area contributed by atoms with Crippen molar-refractivity contribution >= 4 is 21.4 Å². The predicted octanol–water partition coefficient (Wildman–Crippen LogP) is 1.35. The Morgan fingerprint density at radius 1 is 1.43 bits per heavy atom. The molecule has 0 aliphatic heterocycles. The molecule has 0 amide bonds. The summed E-state index contributed by atoms with van der Waals surface area (Å²) in [5.74, 6) is 5.56. The fourth-order valence-corrected chi connectivity index (χ4v) is 3.64. The fraction of sp³-hybridized carbons (Fsp3) is 0.500. The standard InChI is InChI=1S/C12H18N4O4S/c1-8(9-3-2-4-9)15-21(19,20)10-5-6-12(16(17)18)11(7-10)14-13/h5-9,14-15H,2-4,13H2,1H3. The first-order chi connectivity index (χ1) is 9.85. The molecule has 1 atom stereocenters. The van der Waals surface area contributed by atoms with E-state index in [0.29, 0.717) is 5.92 Å². The molecule has 1 fully saturated rings. The fourth-order valence-electron chi connectivity index (χ4n) is 2.31. The smallest absolute Gasteiger partial charge is 0.293 e. The molecule has 8 nitrogen and oxygen atoms in total. The maximum atomic E-state index is 12.3. The quantitative estimate of drug-likeness (QED) is 0.413. The van der Waals surface area contributed by atoms with Crippen molar-refractivity contribution in [1.82, 2.24) is 4.72 Å². The molecule has 1 unspecified atom stereocenters. The van der Waals surface area contributed by atoms with Gasteiger partial charge in [0, 0.05) is 12.1 Å². The van der Waals surface area contributed by atoms with Gasteiger partial charge in [-0.1, -0.05) is 6.42 Å². The van der Waals surface area contributed by atoms with E-state index in [1.165, 1.54) is 6.07 Å². The molecule has 0 saturated heterocycles. The van der Waals surface area contributed by atoms with Crippen LogP contribution in [0.1, 0.15) is 26.2 Å². The van der Waals surface area contributed by atoms with Gasteiger partial charge in [-0.05, 0) is 37.8 Å². The highest BCUT2D eigenvalue weighted by Crippen LogP contribution is 2.31. The molecule has 0 aromatic heterocycles. The molecule has 0 bridgehead atoms. The van der Waals surface area contributed by atoms with Crippen molar-refractivity contribution in [3.05, 3.63) is 28.3 Å². The first-order valence-electron chi connectivity index (χ1n) is 6.62. The Hall–Kier alpha value is -1.71. The summed E-state index contributed by atoms with van der Waals surface area (Å²) in [7, 11) is -3.72. The molecule has 1 saturated carbocycles. The number of benzene rings is 1. The van der Waals surface area contributed by atoms with Crippen molar-refractivity contribution in [3.63, 3.8) is 0 Å². The van der Waals surface area contributed by atoms with Crippen LogP contribution in [-0.4, -0.2) is 19.4 Å². The Labute approximate surface area is 122 Å². The first kappa shape index (κ1) is 15.7. The van der Waals surface area contributed by atoms with Crippen LogP contribution in [0.4, 0.5) is 11.4 Å². The monoisotopic (exact) mass is 314 g/mol. The van der Waals surface area contributed by atoms with Crippen molar-refractivity contribution < 1.29 is 13.3 Å². The predicted molar refractivity (Wildman–Crippen MR) is 78.0 cm³/mol. The van der Waals surface area contributed by atoms with Crippen molar-refractivity contribution in [1.29, 1.82) is 0 Å². The van der Waals surface area contributed by atoms with Crippen LogP contribution in [0, 0.1) is 16.0 Å². The van der Waals surface area contributed by atoms with Gasteiger partial charge < -0.3 is 5.43 Å². The number of hydrogen-bond donors (Lipinski definition) is 3. The van der Waals surface area contributed by atoms with Crippen LogP contribution >= 0.6 is 0 Å². The van der Waals surface area contributed by atoms with E-state index in [-0.39, 0.29) is 22.3 Å². The Kier molecular flexibility index (Phi) is 4.45. The van der Waals surface area contributed by atoms with E-state index in [2.05, 4.69) is 10.1 Å². The molecule has 1 aliphatic carbocycles. The van der Waals surface area contributed by atoms with E-state index < -0.39 is 14.9 Å². The van der Waals surface area contributed by atoms with Gasteiger partial charge in [0.15, 0.2) is 0 Å². The van der Waals surface area contributed by atoms with Gasteiger partial charge in [-0.3, -0.25) is 16.0 Å². The van der Waals surface area contributed by atoms with E-state index in [1.807, 2.05) is 6.92 Å². The molecule has 0 spiro atoms. The topological polar surface area (TPSA) is 127 Å². The number of hydrogen-bond acceptors (Lipinski definition) is 6. The summed E-state index contributed by atoms with van der Waals surface area (Å²) < 4.78 is 27.2. The van der Waals surface area contributed by atoms with E-state index in [0.717, 1.165) is 31.4 Å². The van der Waals surface area contributed by atoms with Crippen LogP contribution in [0.2, 0.25) is 0 Å². The average molecular weight is 314 g/mol. The lowest BCUT2D eigenvalue weighted by atomic mass is 9.81. The van der Waals surface area contributed by atoms with Gasteiger partial charge in [-0.2, -0.15) is 0 Å². The van der Waals surface area contributed by atoms with E-state index >= 15 is 0 Å². The molecule has 0 heterocycles. The van der Waals surface area contributed by atoms with E-state index in [9.17, 15) is 18.5 Å². The van der Waals surface area contributed by atoms with Gasteiger partial charge in [0.25, 0.3) is 5.69 Å². The van der Waals surface area contributed by atoms with Crippen LogP contribution in [0.15, 0.2) is 23.1 Å². The molecule has 0 radical (unpaired) electrons. The lowest BCUT2D eigenvalue weighted by molar-refractivity contribution is -0.384. The third-order valence-corrected chi connectivity index (χ3v) is 5.39. The zero-order chi connectivity index (χ0) is 15.6. The average Bonchev–Trinajstić information content (AvgIpc) is 2.34. The Morgan fingerprint density at radius 2 is 2.10 bits per heavy atom. The highest BCUT2D eigenvalue weighted by Gasteiger charge is 2.28. The van der Waals surface area contributed by atoms with Gasteiger partial charge in [0.2, 0.25) is 10.0 Å². The van der Waals surface area contributed by atoms with Gasteiger partial charge in [-0.15, -0.1) is 0 Å². The maximum Gasteiger partial charge on any atom is 0.293 e. The van der Waals surface area contributed by atoms with E-state index in [1.54, 1.807) is 0 Å². The number of rotatable bonds is 6. The second-order valence-corrected chi connectivity index (χ2v) is 6.90. The highest BCUT2D eigenvalue weighted by atomic mass is 32.2. The number of nitro benzene ring substituents is 1. The first-order valence-corrected chi connectivity index (χ1v) is 8.11. The lowest BCUT2D eigenvalue weighted by Crippen LogP contribution is -2.40. The number of sulfonamides is 1. The SMILES string of the molecule is CC(NS(=O)(=O)c1ccc([N+](=O)[O-])c(NN)c1)C1CCC1. The molecule has 1 aromatic carbocycles. The summed E-state index contributed by atoms with van der Waals surface area (Å²) in [4.78, 5) is 10.1. The zero-order valence-electron chi connectivity index (χ0n) is 11.6. The minimum absolute atomic E-state index is 0.0424. The molecular formula is C12H18N4O4S. The largest absolute Gasteiger partial charge is 0.318 e. The number of nitrogen functional groups attached to an aromatic ring is 1. The van der Waals surface area contributed by atoms with Gasteiger partial charge >= 0.3 is 0 Å². The van der Waals surface area contributed by atoms with Crippen LogP contribution in [0.3, 0.4) is 0 Å². The molecule has 1 aliphatic rings. The second-order valence-electron chi connectivity index (χ2n) is 5.18. The van der Waals surface area contributed by atoms with E-state index in [4.69, 9.17) is 5.84 Å². The summed E-state index contributed by atoms with van der Waals surface area (Å²) >= 11 is 0.